The highest BCUT2D eigenvalue weighted by molar-refractivity contribution is 6.34. The molecule has 1 N–H and O–H groups in total. The summed E-state index contributed by atoms with van der Waals surface area (Å²) in [5.41, 5.74) is 2.18. The van der Waals surface area contributed by atoms with Crippen LogP contribution in [0.4, 0.5) is 11.4 Å². The van der Waals surface area contributed by atoms with Crippen LogP contribution in [0.5, 0.6) is 5.75 Å². The standard InChI is InChI=1S/C16H15ClN2O2/c1-18-8-9-19(15-5-3-2-4-14(15)18)16(21)12-10-11(20)6-7-13(12)17/h2-7,10,20H,8-9H2,1H3. The predicted octanol–water partition coefficient (Wildman–Crippen LogP) is 3.14. The lowest BCUT2D eigenvalue weighted by molar-refractivity contribution is 0.0986. The van der Waals surface area contributed by atoms with Crippen molar-refractivity contribution in [2.75, 3.05) is 29.9 Å². The molecule has 0 fully saturated rings. The third-order valence-electron chi connectivity index (χ3n) is 3.67. The number of halogens is 1. The number of benzene rings is 2. The maximum absolute atomic E-state index is 12.8. The number of anilines is 2. The first kappa shape index (κ1) is 13.8. The van der Waals surface area contributed by atoms with Gasteiger partial charge in [0.05, 0.1) is 22.0 Å². The van der Waals surface area contributed by atoms with Crippen molar-refractivity contribution < 1.29 is 9.90 Å². The third kappa shape index (κ3) is 2.43. The molecule has 1 aliphatic heterocycles. The summed E-state index contributed by atoms with van der Waals surface area (Å²) in [6.45, 7) is 1.33. The van der Waals surface area contributed by atoms with E-state index in [-0.39, 0.29) is 11.7 Å². The van der Waals surface area contributed by atoms with Crippen molar-refractivity contribution in [2.24, 2.45) is 0 Å². The molecule has 1 heterocycles. The van der Waals surface area contributed by atoms with Gasteiger partial charge in [0.25, 0.3) is 5.91 Å². The van der Waals surface area contributed by atoms with Crippen molar-refractivity contribution >= 4 is 28.9 Å². The molecule has 2 aromatic carbocycles. The van der Waals surface area contributed by atoms with Crippen molar-refractivity contribution in [1.82, 2.24) is 0 Å². The molecular weight excluding hydrogens is 288 g/mol. The van der Waals surface area contributed by atoms with Crippen LogP contribution >= 0.6 is 11.6 Å². The highest BCUT2D eigenvalue weighted by atomic mass is 35.5. The number of phenolic OH excluding ortho intramolecular Hbond substituents is 1. The number of hydrogen-bond donors (Lipinski definition) is 1. The summed E-state index contributed by atoms with van der Waals surface area (Å²) in [5.74, 6) is -0.165. The van der Waals surface area contributed by atoms with Crippen LogP contribution in [0.2, 0.25) is 5.02 Å². The van der Waals surface area contributed by atoms with Gasteiger partial charge in [-0.15, -0.1) is 0 Å². The quantitative estimate of drug-likeness (QED) is 0.880. The first-order chi connectivity index (χ1) is 10.1. The SMILES string of the molecule is CN1CCN(C(=O)c2cc(O)ccc2Cl)c2ccccc21. The Kier molecular flexibility index (Phi) is 3.47. The molecule has 1 aliphatic rings. The largest absolute Gasteiger partial charge is 0.508 e. The number of carbonyl (C=O) groups is 1. The molecule has 0 spiro atoms. The van der Waals surface area contributed by atoms with Gasteiger partial charge in [0.2, 0.25) is 0 Å². The number of carbonyl (C=O) groups excluding carboxylic acids is 1. The molecule has 0 aromatic heterocycles. The molecule has 1 amide bonds. The van der Waals surface area contributed by atoms with Gasteiger partial charge in [0.15, 0.2) is 0 Å². The molecule has 0 saturated heterocycles. The van der Waals surface area contributed by atoms with Gasteiger partial charge in [-0.3, -0.25) is 4.79 Å². The Morgan fingerprint density at radius 3 is 2.62 bits per heavy atom. The summed E-state index contributed by atoms with van der Waals surface area (Å²) in [6.07, 6.45) is 0. The van der Waals surface area contributed by atoms with E-state index in [1.54, 1.807) is 4.90 Å². The summed E-state index contributed by atoms with van der Waals surface area (Å²) < 4.78 is 0. The molecule has 0 atom stereocenters. The number of aromatic hydroxyl groups is 1. The van der Waals surface area contributed by atoms with Crippen LogP contribution < -0.4 is 9.80 Å². The number of rotatable bonds is 1. The minimum atomic E-state index is -0.198. The molecule has 21 heavy (non-hydrogen) atoms. The fourth-order valence-electron chi connectivity index (χ4n) is 2.54. The second-order valence-corrected chi connectivity index (χ2v) is 5.44. The Hall–Kier alpha value is -2.20. The van der Waals surface area contributed by atoms with Gasteiger partial charge in [0.1, 0.15) is 5.75 Å². The number of hydrogen-bond acceptors (Lipinski definition) is 3. The molecule has 0 aliphatic carbocycles. The fourth-order valence-corrected chi connectivity index (χ4v) is 2.74. The Bertz CT molecular complexity index is 702. The monoisotopic (exact) mass is 302 g/mol. The average molecular weight is 303 g/mol. The lowest BCUT2D eigenvalue weighted by Crippen LogP contribution is -2.42. The van der Waals surface area contributed by atoms with E-state index in [4.69, 9.17) is 11.6 Å². The number of para-hydroxylation sites is 2. The molecule has 0 radical (unpaired) electrons. The van der Waals surface area contributed by atoms with Crippen LogP contribution in [0.3, 0.4) is 0 Å². The summed E-state index contributed by atoms with van der Waals surface area (Å²) in [7, 11) is 2.00. The summed E-state index contributed by atoms with van der Waals surface area (Å²) in [6, 6.07) is 12.2. The second kappa shape index (κ2) is 5.30. The van der Waals surface area contributed by atoms with Gasteiger partial charge in [-0.25, -0.2) is 0 Å². The Morgan fingerprint density at radius 1 is 1.14 bits per heavy atom. The smallest absolute Gasteiger partial charge is 0.260 e. The van der Waals surface area contributed by atoms with Crippen molar-refractivity contribution in [2.45, 2.75) is 0 Å². The van der Waals surface area contributed by atoms with Gasteiger partial charge >= 0.3 is 0 Å². The molecule has 0 saturated carbocycles. The number of nitrogens with zero attached hydrogens (tertiary/aromatic N) is 2. The number of amides is 1. The number of fused-ring (bicyclic) bond motifs is 1. The van der Waals surface area contributed by atoms with Crippen LogP contribution in [-0.2, 0) is 0 Å². The maximum Gasteiger partial charge on any atom is 0.260 e. The highest BCUT2D eigenvalue weighted by Crippen LogP contribution is 2.34. The topological polar surface area (TPSA) is 43.8 Å². The number of phenols is 1. The first-order valence-corrected chi connectivity index (χ1v) is 7.06. The Balaban J connectivity index is 2.03. The van der Waals surface area contributed by atoms with Gasteiger partial charge in [-0.2, -0.15) is 0 Å². The molecule has 0 unspecified atom stereocenters. The third-order valence-corrected chi connectivity index (χ3v) is 4.00. The molecule has 3 rings (SSSR count). The van der Waals surface area contributed by atoms with E-state index in [1.165, 1.54) is 18.2 Å². The lowest BCUT2D eigenvalue weighted by atomic mass is 10.1. The summed E-state index contributed by atoms with van der Waals surface area (Å²) >= 11 is 6.10. The van der Waals surface area contributed by atoms with Crippen LogP contribution in [-0.4, -0.2) is 31.2 Å². The van der Waals surface area contributed by atoms with Crippen LogP contribution in [0.1, 0.15) is 10.4 Å². The minimum Gasteiger partial charge on any atom is -0.508 e. The fraction of sp³-hybridized carbons (Fsp3) is 0.188. The van der Waals surface area contributed by atoms with Crippen molar-refractivity contribution in [3.8, 4) is 5.75 Å². The van der Waals surface area contributed by atoms with Crippen molar-refractivity contribution in [3.05, 3.63) is 53.1 Å². The zero-order chi connectivity index (χ0) is 15.0. The molecule has 5 heteroatoms. The zero-order valence-corrected chi connectivity index (χ0v) is 12.3. The van der Waals surface area contributed by atoms with E-state index in [9.17, 15) is 9.90 Å². The van der Waals surface area contributed by atoms with E-state index >= 15 is 0 Å². The molecule has 4 nitrogen and oxygen atoms in total. The van der Waals surface area contributed by atoms with E-state index in [0.29, 0.717) is 17.1 Å². The van der Waals surface area contributed by atoms with Crippen molar-refractivity contribution in [1.29, 1.82) is 0 Å². The van der Waals surface area contributed by atoms with Crippen LogP contribution in [0.25, 0.3) is 0 Å². The zero-order valence-electron chi connectivity index (χ0n) is 11.6. The van der Waals surface area contributed by atoms with Crippen LogP contribution in [0, 0.1) is 0 Å². The average Bonchev–Trinajstić information content (AvgIpc) is 2.50. The van der Waals surface area contributed by atoms with Crippen LogP contribution in [0.15, 0.2) is 42.5 Å². The molecule has 0 bridgehead atoms. The second-order valence-electron chi connectivity index (χ2n) is 5.03. The van der Waals surface area contributed by atoms with E-state index in [1.807, 2.05) is 31.3 Å². The van der Waals surface area contributed by atoms with Gasteiger partial charge in [-0.1, -0.05) is 23.7 Å². The predicted molar refractivity (Wildman–Crippen MR) is 84.5 cm³/mol. The van der Waals surface area contributed by atoms with E-state index in [0.717, 1.165) is 17.9 Å². The molecular formula is C16H15ClN2O2. The maximum atomic E-state index is 12.8. The summed E-state index contributed by atoms with van der Waals surface area (Å²) in [4.78, 5) is 16.6. The molecule has 108 valence electrons. The van der Waals surface area contributed by atoms with E-state index < -0.39 is 0 Å². The molecule has 2 aromatic rings. The first-order valence-electron chi connectivity index (χ1n) is 6.68. The summed E-state index contributed by atoms with van der Waals surface area (Å²) in [5, 5.41) is 9.93. The van der Waals surface area contributed by atoms with Gasteiger partial charge in [0, 0.05) is 20.1 Å². The lowest BCUT2D eigenvalue weighted by Gasteiger charge is -2.35. The Morgan fingerprint density at radius 2 is 1.86 bits per heavy atom. The van der Waals surface area contributed by atoms with Gasteiger partial charge < -0.3 is 14.9 Å². The Labute approximate surface area is 128 Å². The van der Waals surface area contributed by atoms with Crippen molar-refractivity contribution in [3.63, 3.8) is 0 Å². The van der Waals surface area contributed by atoms with Gasteiger partial charge in [-0.05, 0) is 30.3 Å². The number of likely N-dealkylation sites (N-methyl/N-ethyl adjacent to an activating group) is 1. The normalized spacial score (nSPS) is 14.0. The van der Waals surface area contributed by atoms with E-state index in [2.05, 4.69) is 4.90 Å². The minimum absolute atomic E-state index is 0.0326. The highest BCUT2D eigenvalue weighted by Gasteiger charge is 2.27.